The molecule has 0 aliphatic carbocycles. The summed E-state index contributed by atoms with van der Waals surface area (Å²) < 4.78 is 38.6. The molecule has 0 aliphatic heterocycles. The molecule has 2 nitrogen and oxygen atoms in total. The van der Waals surface area contributed by atoms with Gasteiger partial charge in [-0.3, -0.25) is 4.74 Å². The molecule has 0 saturated heterocycles. The van der Waals surface area contributed by atoms with E-state index in [4.69, 9.17) is 0 Å². The summed E-state index contributed by atoms with van der Waals surface area (Å²) in [6, 6.07) is 9.81. The van der Waals surface area contributed by atoms with Crippen molar-refractivity contribution >= 4 is 0 Å². The van der Waals surface area contributed by atoms with E-state index < -0.39 is 6.36 Å². The van der Waals surface area contributed by atoms with Crippen molar-refractivity contribution in [3.05, 3.63) is 35.9 Å². The van der Waals surface area contributed by atoms with Gasteiger partial charge in [0, 0.05) is 13.1 Å². The fraction of sp³-hybridized carbons (Fsp3) is 0.500. The molecule has 96 valence electrons. The molecule has 1 N–H and O–H groups in total. The normalized spacial score (nSPS) is 13.6. The van der Waals surface area contributed by atoms with E-state index in [1.807, 2.05) is 37.3 Å². The third-order valence-corrected chi connectivity index (χ3v) is 2.36. The first kappa shape index (κ1) is 14.0. The van der Waals surface area contributed by atoms with E-state index in [0.29, 0.717) is 6.54 Å². The number of hydrogen-bond acceptors (Lipinski definition) is 2. The van der Waals surface area contributed by atoms with Crippen LogP contribution in [-0.2, 0) is 4.74 Å². The predicted molar refractivity (Wildman–Crippen MR) is 59.7 cm³/mol. The van der Waals surface area contributed by atoms with Crippen LogP contribution in [0.2, 0.25) is 0 Å². The van der Waals surface area contributed by atoms with Crippen molar-refractivity contribution < 1.29 is 17.9 Å². The highest BCUT2D eigenvalue weighted by Crippen LogP contribution is 2.15. The summed E-state index contributed by atoms with van der Waals surface area (Å²) in [5.74, 6) is 0.266. The smallest absolute Gasteiger partial charge is 0.314 e. The van der Waals surface area contributed by atoms with E-state index in [1.165, 1.54) is 0 Å². The Labute approximate surface area is 98.8 Å². The molecule has 1 rings (SSSR count). The van der Waals surface area contributed by atoms with Crippen LogP contribution >= 0.6 is 0 Å². The molecule has 0 aliphatic rings. The largest absolute Gasteiger partial charge is 0.522 e. The van der Waals surface area contributed by atoms with E-state index in [9.17, 15) is 13.2 Å². The molecule has 1 unspecified atom stereocenters. The van der Waals surface area contributed by atoms with E-state index in [1.54, 1.807) is 0 Å². The van der Waals surface area contributed by atoms with Crippen LogP contribution in [0.25, 0.3) is 0 Å². The Balaban J connectivity index is 2.15. The van der Waals surface area contributed by atoms with Crippen LogP contribution in [0.15, 0.2) is 30.3 Å². The van der Waals surface area contributed by atoms with Gasteiger partial charge in [-0.2, -0.15) is 0 Å². The second kappa shape index (κ2) is 6.61. The van der Waals surface area contributed by atoms with E-state index >= 15 is 0 Å². The first-order chi connectivity index (χ1) is 7.99. The molecule has 0 bridgehead atoms. The minimum Gasteiger partial charge on any atom is -0.314 e. The maximum absolute atomic E-state index is 11.7. The van der Waals surface area contributed by atoms with Crippen LogP contribution in [0.3, 0.4) is 0 Å². The first-order valence-electron chi connectivity index (χ1n) is 5.45. The molecule has 5 heteroatoms. The van der Waals surface area contributed by atoms with Crippen molar-refractivity contribution in [3.8, 4) is 0 Å². The number of benzene rings is 1. The molecule has 1 aromatic carbocycles. The Bertz CT molecular complexity index is 313. The van der Waals surface area contributed by atoms with Gasteiger partial charge in [-0.25, -0.2) is 0 Å². The van der Waals surface area contributed by atoms with E-state index in [-0.39, 0.29) is 19.1 Å². The molecule has 0 radical (unpaired) electrons. The highest BCUT2D eigenvalue weighted by molar-refractivity contribution is 5.18. The SMILES string of the molecule is CC(CNCCOC(F)(F)F)c1ccccc1. The number of nitrogens with one attached hydrogen (secondary N) is 1. The topological polar surface area (TPSA) is 21.3 Å². The summed E-state index contributed by atoms with van der Waals surface area (Å²) in [7, 11) is 0. The molecular formula is C12H16F3NO. The van der Waals surface area contributed by atoms with Crippen molar-refractivity contribution in [2.75, 3.05) is 19.7 Å². The lowest BCUT2D eigenvalue weighted by molar-refractivity contribution is -0.323. The van der Waals surface area contributed by atoms with Gasteiger partial charge in [0.1, 0.15) is 0 Å². The predicted octanol–water partition coefficient (Wildman–Crippen LogP) is 2.92. The average Bonchev–Trinajstić information content (AvgIpc) is 2.28. The molecule has 0 aromatic heterocycles. The summed E-state index contributed by atoms with van der Waals surface area (Å²) in [6.07, 6.45) is -4.53. The van der Waals surface area contributed by atoms with Crippen molar-refractivity contribution in [1.29, 1.82) is 0 Å². The van der Waals surface area contributed by atoms with Gasteiger partial charge in [0.25, 0.3) is 0 Å². The summed E-state index contributed by atoms with van der Waals surface area (Å²) in [5.41, 5.74) is 1.16. The summed E-state index contributed by atoms with van der Waals surface area (Å²) in [6.45, 7) is 2.49. The van der Waals surface area contributed by atoms with Crippen LogP contribution < -0.4 is 5.32 Å². The van der Waals surface area contributed by atoms with E-state index in [2.05, 4.69) is 10.1 Å². The lowest BCUT2D eigenvalue weighted by atomic mass is 10.0. The number of hydrogen-bond donors (Lipinski definition) is 1. The second-order valence-electron chi connectivity index (χ2n) is 3.81. The standard InChI is InChI=1S/C12H16F3NO/c1-10(11-5-3-2-4-6-11)9-16-7-8-17-12(13,14)15/h2-6,10,16H,7-9H2,1H3. The zero-order valence-electron chi connectivity index (χ0n) is 9.63. The molecule has 0 amide bonds. The zero-order chi connectivity index (χ0) is 12.7. The number of rotatable bonds is 6. The van der Waals surface area contributed by atoms with Crippen LogP contribution in [0.1, 0.15) is 18.4 Å². The Hall–Kier alpha value is -1.07. The number of ether oxygens (including phenoxy) is 1. The van der Waals surface area contributed by atoms with Gasteiger partial charge in [0.15, 0.2) is 0 Å². The Morgan fingerprint density at radius 2 is 1.88 bits per heavy atom. The highest BCUT2D eigenvalue weighted by atomic mass is 19.4. The third-order valence-electron chi connectivity index (χ3n) is 2.36. The number of halogens is 3. The lowest BCUT2D eigenvalue weighted by Crippen LogP contribution is -2.27. The van der Waals surface area contributed by atoms with E-state index in [0.717, 1.165) is 5.56 Å². The van der Waals surface area contributed by atoms with Crippen molar-refractivity contribution in [3.63, 3.8) is 0 Å². The zero-order valence-corrected chi connectivity index (χ0v) is 9.63. The average molecular weight is 247 g/mol. The van der Waals surface area contributed by atoms with Crippen LogP contribution in [0.4, 0.5) is 13.2 Å². The van der Waals surface area contributed by atoms with Crippen LogP contribution in [0.5, 0.6) is 0 Å². The van der Waals surface area contributed by atoms with Gasteiger partial charge < -0.3 is 5.32 Å². The molecule has 17 heavy (non-hydrogen) atoms. The fourth-order valence-corrected chi connectivity index (χ4v) is 1.46. The Morgan fingerprint density at radius 1 is 1.24 bits per heavy atom. The van der Waals surface area contributed by atoms with Crippen LogP contribution in [-0.4, -0.2) is 26.1 Å². The Kier molecular flexibility index (Phi) is 5.44. The molecular weight excluding hydrogens is 231 g/mol. The number of alkyl halides is 3. The fourth-order valence-electron chi connectivity index (χ4n) is 1.46. The van der Waals surface area contributed by atoms with Gasteiger partial charge in [-0.1, -0.05) is 37.3 Å². The second-order valence-corrected chi connectivity index (χ2v) is 3.81. The molecule has 1 aromatic rings. The summed E-state index contributed by atoms with van der Waals surface area (Å²) in [4.78, 5) is 0. The van der Waals surface area contributed by atoms with Gasteiger partial charge in [0.05, 0.1) is 6.61 Å². The third kappa shape index (κ3) is 6.28. The van der Waals surface area contributed by atoms with Gasteiger partial charge in [-0.05, 0) is 11.5 Å². The van der Waals surface area contributed by atoms with Gasteiger partial charge in [0.2, 0.25) is 0 Å². The van der Waals surface area contributed by atoms with Gasteiger partial charge in [-0.15, -0.1) is 13.2 Å². The monoisotopic (exact) mass is 247 g/mol. The minimum absolute atomic E-state index is 0.191. The van der Waals surface area contributed by atoms with Crippen molar-refractivity contribution in [2.45, 2.75) is 19.2 Å². The lowest BCUT2D eigenvalue weighted by Gasteiger charge is -2.13. The molecule has 0 heterocycles. The molecule has 0 fully saturated rings. The minimum atomic E-state index is -4.53. The highest BCUT2D eigenvalue weighted by Gasteiger charge is 2.28. The summed E-state index contributed by atoms with van der Waals surface area (Å²) >= 11 is 0. The quantitative estimate of drug-likeness (QED) is 0.780. The summed E-state index contributed by atoms with van der Waals surface area (Å²) in [5, 5.41) is 2.93. The Morgan fingerprint density at radius 3 is 2.47 bits per heavy atom. The molecule has 1 atom stereocenters. The van der Waals surface area contributed by atoms with Crippen molar-refractivity contribution in [1.82, 2.24) is 5.32 Å². The first-order valence-corrected chi connectivity index (χ1v) is 5.45. The van der Waals surface area contributed by atoms with Crippen LogP contribution in [0, 0.1) is 0 Å². The molecule has 0 spiro atoms. The van der Waals surface area contributed by atoms with Crippen molar-refractivity contribution in [2.24, 2.45) is 0 Å². The van der Waals surface area contributed by atoms with Gasteiger partial charge >= 0.3 is 6.36 Å². The maximum Gasteiger partial charge on any atom is 0.522 e. The maximum atomic E-state index is 11.7. The molecule has 0 saturated carbocycles.